The van der Waals surface area contributed by atoms with E-state index in [-0.39, 0.29) is 29.4 Å². The summed E-state index contributed by atoms with van der Waals surface area (Å²) in [7, 11) is 0. The van der Waals surface area contributed by atoms with E-state index in [9.17, 15) is 14.4 Å². The fourth-order valence-corrected chi connectivity index (χ4v) is 4.52. The van der Waals surface area contributed by atoms with Crippen molar-refractivity contribution in [3.63, 3.8) is 0 Å². The van der Waals surface area contributed by atoms with Crippen molar-refractivity contribution >= 4 is 34.1 Å². The Labute approximate surface area is 180 Å². The molecular weight excluding hydrogens is 402 g/mol. The number of amides is 2. The van der Waals surface area contributed by atoms with Gasteiger partial charge in [0.2, 0.25) is 0 Å². The quantitative estimate of drug-likeness (QED) is 0.562. The molecule has 8 heteroatoms. The van der Waals surface area contributed by atoms with Gasteiger partial charge in [-0.05, 0) is 44.4 Å². The SMILES string of the molecule is CC(=O)CC(=[18O])[C@@H]1CCCN1C(=O)Nc1nc(C)c(-c2ccnc(C(C)(C)C)c2)s1. The number of anilines is 1. The maximum atomic E-state index is 12.8. The molecule has 0 saturated carbocycles. The third-order valence-corrected chi connectivity index (χ3v) is 6.23. The Kier molecular flexibility index (Phi) is 6.36. The molecule has 7 nitrogen and oxygen atoms in total. The van der Waals surface area contributed by atoms with Crippen LogP contribution in [0.2, 0.25) is 0 Å². The number of ketones is 2. The first-order chi connectivity index (χ1) is 14.1. The third kappa shape index (κ3) is 4.92. The van der Waals surface area contributed by atoms with Crippen LogP contribution >= 0.6 is 11.3 Å². The molecule has 1 aliphatic heterocycles. The Balaban J connectivity index is 1.77. The molecule has 2 aromatic heterocycles. The second kappa shape index (κ2) is 8.63. The van der Waals surface area contributed by atoms with Gasteiger partial charge in [0.1, 0.15) is 5.78 Å². The number of pyridine rings is 1. The van der Waals surface area contributed by atoms with Gasteiger partial charge in [-0.3, -0.25) is 19.9 Å². The van der Waals surface area contributed by atoms with Crippen molar-refractivity contribution in [2.45, 2.75) is 65.3 Å². The first-order valence-electron chi connectivity index (χ1n) is 10.1. The van der Waals surface area contributed by atoms with Crippen molar-refractivity contribution in [3.8, 4) is 10.4 Å². The number of urea groups is 1. The van der Waals surface area contributed by atoms with Crippen molar-refractivity contribution in [2.75, 3.05) is 11.9 Å². The van der Waals surface area contributed by atoms with Gasteiger partial charge in [-0.15, -0.1) is 0 Å². The summed E-state index contributed by atoms with van der Waals surface area (Å²) in [5.41, 5.74) is 2.76. The summed E-state index contributed by atoms with van der Waals surface area (Å²) in [6.45, 7) is 10.1. The maximum Gasteiger partial charge on any atom is 0.324 e. The lowest BCUT2D eigenvalue weighted by Crippen LogP contribution is -2.43. The van der Waals surface area contributed by atoms with E-state index in [4.69, 9.17) is 0 Å². The topological polar surface area (TPSA) is 92.3 Å². The second-order valence-electron chi connectivity index (χ2n) is 8.74. The van der Waals surface area contributed by atoms with E-state index in [1.807, 2.05) is 13.0 Å². The molecule has 0 unspecified atom stereocenters. The first kappa shape index (κ1) is 22.1. The zero-order chi connectivity index (χ0) is 22.1. The molecule has 0 aromatic carbocycles. The summed E-state index contributed by atoms with van der Waals surface area (Å²) in [5, 5.41) is 3.33. The van der Waals surface area contributed by atoms with Crippen LogP contribution in [-0.2, 0) is 15.0 Å². The minimum Gasteiger partial charge on any atom is -0.314 e. The standard InChI is InChI=1S/C22H28N4O3S/c1-13(27)11-17(28)16-7-6-10-26(16)21(29)25-20-24-14(2)19(30-20)15-8-9-23-18(12-15)22(3,4)5/h8-9,12,16H,6-7,10-11H2,1-5H3,(H,24,25,29)/t16-/m0/s1/i28+2. The van der Waals surface area contributed by atoms with Gasteiger partial charge in [0.05, 0.1) is 23.0 Å². The van der Waals surface area contributed by atoms with Crippen LogP contribution in [0, 0.1) is 6.92 Å². The molecule has 3 heterocycles. The Morgan fingerprint density at radius 3 is 2.77 bits per heavy atom. The molecule has 1 fully saturated rings. The van der Waals surface area contributed by atoms with Crippen LogP contribution in [0.25, 0.3) is 10.4 Å². The van der Waals surface area contributed by atoms with E-state index in [1.54, 1.807) is 6.20 Å². The molecule has 1 N–H and O–H groups in total. The van der Waals surface area contributed by atoms with Gasteiger partial charge in [0.25, 0.3) is 0 Å². The van der Waals surface area contributed by atoms with Crippen molar-refractivity contribution in [2.24, 2.45) is 0 Å². The van der Waals surface area contributed by atoms with E-state index in [0.717, 1.165) is 28.2 Å². The van der Waals surface area contributed by atoms with E-state index >= 15 is 0 Å². The molecule has 160 valence electrons. The molecule has 30 heavy (non-hydrogen) atoms. The van der Waals surface area contributed by atoms with Crippen LogP contribution in [0.15, 0.2) is 18.3 Å². The molecule has 0 bridgehead atoms. The molecule has 2 aromatic rings. The third-order valence-electron chi connectivity index (χ3n) is 5.11. The van der Waals surface area contributed by atoms with E-state index in [0.29, 0.717) is 18.1 Å². The number of carbonyl (C=O) groups excluding carboxylic acids is 3. The van der Waals surface area contributed by atoms with Gasteiger partial charge in [-0.25, -0.2) is 9.78 Å². The Hall–Kier alpha value is -2.61. The predicted molar refractivity (Wildman–Crippen MR) is 118 cm³/mol. The van der Waals surface area contributed by atoms with Gasteiger partial charge >= 0.3 is 6.03 Å². The largest absolute Gasteiger partial charge is 0.324 e. The van der Waals surface area contributed by atoms with Gasteiger partial charge in [-0.2, -0.15) is 0 Å². The van der Waals surface area contributed by atoms with E-state index < -0.39 is 6.04 Å². The molecule has 3 rings (SSSR count). The molecule has 0 radical (unpaired) electrons. The Morgan fingerprint density at radius 1 is 1.37 bits per heavy atom. The van der Waals surface area contributed by atoms with Crippen LogP contribution in [0.4, 0.5) is 9.93 Å². The van der Waals surface area contributed by atoms with Crippen LogP contribution in [-0.4, -0.2) is 45.1 Å². The van der Waals surface area contributed by atoms with Crippen molar-refractivity contribution in [1.82, 2.24) is 14.9 Å². The normalized spacial score (nSPS) is 16.6. The smallest absolute Gasteiger partial charge is 0.314 e. The van der Waals surface area contributed by atoms with Gasteiger partial charge in [-0.1, -0.05) is 32.1 Å². The predicted octanol–water partition coefficient (Wildman–Crippen LogP) is 4.36. The average Bonchev–Trinajstić information content (AvgIpc) is 3.27. The lowest BCUT2D eigenvalue weighted by Gasteiger charge is -2.23. The molecule has 2 amide bonds. The number of aryl methyl sites for hydroxylation is 1. The highest BCUT2D eigenvalue weighted by Gasteiger charge is 2.34. The number of carbonyl (C=O) groups is 3. The minimum atomic E-state index is -0.538. The number of thiazole rings is 1. The lowest BCUT2D eigenvalue weighted by molar-refractivity contribution is -0.128. The molecule has 0 spiro atoms. The number of nitrogens with one attached hydrogen (secondary N) is 1. The number of rotatable bonds is 5. The first-order valence-corrected chi connectivity index (χ1v) is 10.9. The number of aromatic nitrogens is 2. The monoisotopic (exact) mass is 430 g/mol. The van der Waals surface area contributed by atoms with Crippen LogP contribution in [0.3, 0.4) is 0 Å². The number of hydrogen-bond acceptors (Lipinski definition) is 6. The maximum absolute atomic E-state index is 12.8. The summed E-state index contributed by atoms with van der Waals surface area (Å²) in [6, 6.07) is 3.12. The summed E-state index contributed by atoms with van der Waals surface area (Å²) in [6.07, 6.45) is 3.00. The average molecular weight is 431 g/mol. The molecule has 1 atom stereocenters. The van der Waals surface area contributed by atoms with Gasteiger partial charge < -0.3 is 4.90 Å². The van der Waals surface area contributed by atoms with Crippen LogP contribution < -0.4 is 5.32 Å². The number of likely N-dealkylation sites (tertiary alicyclic amines) is 1. The zero-order valence-electron chi connectivity index (χ0n) is 18.1. The van der Waals surface area contributed by atoms with Crippen molar-refractivity contribution in [1.29, 1.82) is 0 Å². The number of nitrogens with zero attached hydrogens (tertiary/aromatic N) is 3. The Morgan fingerprint density at radius 2 is 2.10 bits per heavy atom. The van der Waals surface area contributed by atoms with Crippen LogP contribution in [0.1, 0.15) is 58.3 Å². The minimum absolute atomic E-state index is 0.0666. The van der Waals surface area contributed by atoms with Crippen LogP contribution in [0.5, 0.6) is 0 Å². The summed E-state index contributed by atoms with van der Waals surface area (Å²) >= 11 is 1.40. The molecule has 1 aliphatic rings. The van der Waals surface area contributed by atoms with Gasteiger partial charge in [0, 0.05) is 23.9 Å². The highest BCUT2D eigenvalue weighted by atomic mass is 32.1. The summed E-state index contributed by atoms with van der Waals surface area (Å²) < 4.78 is 0. The zero-order valence-corrected chi connectivity index (χ0v) is 18.9. The van der Waals surface area contributed by atoms with Crippen molar-refractivity contribution in [3.05, 3.63) is 29.7 Å². The Bertz CT molecular complexity index is 977. The molecular formula is C22H28N4O3S. The second-order valence-corrected chi connectivity index (χ2v) is 9.74. The lowest BCUT2D eigenvalue weighted by atomic mass is 9.90. The molecule has 0 aliphatic carbocycles. The van der Waals surface area contributed by atoms with E-state index in [2.05, 4.69) is 42.1 Å². The van der Waals surface area contributed by atoms with Gasteiger partial charge in [0.15, 0.2) is 10.9 Å². The van der Waals surface area contributed by atoms with Crippen molar-refractivity contribution < 1.29 is 14.4 Å². The molecule has 1 saturated heterocycles. The summed E-state index contributed by atoms with van der Waals surface area (Å²) in [4.78, 5) is 47.9. The summed E-state index contributed by atoms with van der Waals surface area (Å²) in [5.74, 6) is -0.378. The highest BCUT2D eigenvalue weighted by Crippen LogP contribution is 2.34. The fourth-order valence-electron chi connectivity index (χ4n) is 3.57. The van der Waals surface area contributed by atoms with E-state index in [1.165, 1.54) is 23.2 Å². The highest BCUT2D eigenvalue weighted by molar-refractivity contribution is 7.19. The number of Topliss-reactive ketones (excluding diaryl/α,β-unsaturated/α-hetero) is 2. The number of hydrogen-bond donors (Lipinski definition) is 1. The fraction of sp³-hybridized carbons (Fsp3) is 0.500.